The zero-order valence-electron chi connectivity index (χ0n) is 25.3. The van der Waals surface area contributed by atoms with Gasteiger partial charge in [-0.05, 0) is 55.6 Å². The summed E-state index contributed by atoms with van der Waals surface area (Å²) < 4.78 is 18.0. The third-order valence-electron chi connectivity index (χ3n) is 9.25. The van der Waals surface area contributed by atoms with Gasteiger partial charge in [-0.15, -0.1) is 6.58 Å². The Morgan fingerprint density at radius 1 is 1.20 bits per heavy atom. The SMILES string of the molecule is C=CC1C[C@]1(NC(=O)[C@@H]1CC(N2Cc3ccccc3NC2=O)CN1C(=O)[C@@H](NC(=O)OC1CCCC1)C(C)(C)C)P(=O)(O)O. The first kappa shape index (κ1) is 32.0. The highest BCUT2D eigenvalue weighted by Gasteiger charge is 2.66. The van der Waals surface area contributed by atoms with Gasteiger partial charge in [-0.2, -0.15) is 0 Å². The Hall–Kier alpha value is -3.41. The average molecular weight is 632 g/mol. The van der Waals surface area contributed by atoms with Crippen molar-refractivity contribution in [3.05, 3.63) is 42.5 Å². The molecule has 5 amide bonds. The highest BCUT2D eigenvalue weighted by atomic mass is 31.2. The lowest BCUT2D eigenvalue weighted by Crippen LogP contribution is -2.58. The number of para-hydroxylation sites is 1. The number of fused-ring (bicyclic) bond motifs is 1. The number of nitrogens with zero attached hydrogens (tertiary/aromatic N) is 2. The molecule has 5 N–H and O–H groups in total. The number of urea groups is 1. The molecule has 14 heteroatoms. The molecule has 44 heavy (non-hydrogen) atoms. The summed E-state index contributed by atoms with van der Waals surface area (Å²) in [5.41, 5.74) is 0.762. The summed E-state index contributed by atoms with van der Waals surface area (Å²) in [5.74, 6) is -1.93. The Balaban J connectivity index is 1.42. The number of ether oxygens (including phenoxy) is 1. The van der Waals surface area contributed by atoms with E-state index < -0.39 is 60.2 Å². The van der Waals surface area contributed by atoms with Gasteiger partial charge in [0.15, 0.2) is 0 Å². The van der Waals surface area contributed by atoms with Gasteiger partial charge >= 0.3 is 19.7 Å². The summed E-state index contributed by atoms with van der Waals surface area (Å²) in [7, 11) is -4.79. The highest BCUT2D eigenvalue weighted by Crippen LogP contribution is 2.67. The van der Waals surface area contributed by atoms with Crippen LogP contribution in [0.1, 0.15) is 64.9 Å². The van der Waals surface area contributed by atoms with Crippen LogP contribution in [0.5, 0.6) is 0 Å². The number of rotatable bonds is 8. The Morgan fingerprint density at radius 2 is 1.89 bits per heavy atom. The van der Waals surface area contributed by atoms with Crippen molar-refractivity contribution in [2.45, 2.75) is 95.4 Å². The van der Waals surface area contributed by atoms with Gasteiger partial charge in [-0.3, -0.25) is 14.2 Å². The van der Waals surface area contributed by atoms with Crippen LogP contribution < -0.4 is 16.0 Å². The number of nitrogens with one attached hydrogen (secondary N) is 3. The standard InChI is InChI=1S/C30H42N5O8P/c1-5-19-15-30(19,44(40,41)42)33-25(36)23-14-20(34-16-18-10-6-9-13-22(18)31-27(34)38)17-35(23)26(37)24(29(2,3)4)32-28(39)43-21-11-7-8-12-21/h5-6,9-10,13,19-21,23-24H,1,7-8,11-12,14-17H2,2-4H3,(H,31,38)(H,32,39)(H,33,36)(H2,40,41,42)/t19?,20?,23-,24+,30-/m0/s1. The molecule has 5 rings (SSSR count). The van der Waals surface area contributed by atoms with Crippen molar-refractivity contribution in [3.8, 4) is 0 Å². The second kappa shape index (κ2) is 11.8. The number of carbonyl (C=O) groups is 4. The fraction of sp³-hybridized carbons (Fsp3) is 0.600. The molecule has 0 radical (unpaired) electrons. The summed E-state index contributed by atoms with van der Waals surface area (Å²) in [4.78, 5) is 77.3. The first-order chi connectivity index (χ1) is 20.6. The van der Waals surface area contributed by atoms with E-state index in [1.807, 2.05) is 18.2 Å². The molecule has 0 bridgehead atoms. The number of amides is 5. The second-order valence-corrected chi connectivity index (χ2v) is 15.3. The summed E-state index contributed by atoms with van der Waals surface area (Å²) in [5, 5.41) is 6.34. The second-order valence-electron chi connectivity index (χ2n) is 13.4. The van der Waals surface area contributed by atoms with E-state index in [2.05, 4.69) is 22.5 Å². The minimum Gasteiger partial charge on any atom is -0.446 e. The number of hydrogen-bond donors (Lipinski definition) is 5. The summed E-state index contributed by atoms with van der Waals surface area (Å²) in [6, 6.07) is 4.13. The van der Waals surface area contributed by atoms with E-state index in [1.54, 1.807) is 31.7 Å². The maximum absolute atomic E-state index is 14.3. The number of benzene rings is 1. The maximum Gasteiger partial charge on any atom is 0.408 e. The smallest absolute Gasteiger partial charge is 0.408 e. The van der Waals surface area contributed by atoms with Crippen LogP contribution >= 0.6 is 7.60 Å². The van der Waals surface area contributed by atoms with Gasteiger partial charge in [0.25, 0.3) is 0 Å². The van der Waals surface area contributed by atoms with Crippen LogP contribution in [0.2, 0.25) is 0 Å². The van der Waals surface area contributed by atoms with Gasteiger partial charge in [0, 0.05) is 24.7 Å². The van der Waals surface area contributed by atoms with Gasteiger partial charge in [-0.25, -0.2) is 9.59 Å². The molecule has 2 saturated carbocycles. The minimum atomic E-state index is -4.79. The number of alkyl carbamates (subject to hydrolysis) is 1. The predicted molar refractivity (Wildman–Crippen MR) is 161 cm³/mol. The zero-order valence-corrected chi connectivity index (χ0v) is 26.2. The molecule has 3 fully saturated rings. The Morgan fingerprint density at radius 3 is 2.50 bits per heavy atom. The zero-order chi connectivity index (χ0) is 32.0. The highest BCUT2D eigenvalue weighted by molar-refractivity contribution is 7.54. The summed E-state index contributed by atoms with van der Waals surface area (Å²) in [6.07, 6.45) is 3.93. The van der Waals surface area contributed by atoms with Gasteiger partial charge in [0.2, 0.25) is 11.8 Å². The molecule has 5 atom stereocenters. The lowest BCUT2D eigenvalue weighted by atomic mass is 9.85. The molecule has 0 aromatic heterocycles. The number of anilines is 1. The van der Waals surface area contributed by atoms with E-state index in [0.717, 1.165) is 31.2 Å². The van der Waals surface area contributed by atoms with Crippen LogP contribution in [-0.2, 0) is 25.4 Å². The topological polar surface area (TPSA) is 178 Å². The van der Waals surface area contributed by atoms with Crippen molar-refractivity contribution in [1.29, 1.82) is 0 Å². The monoisotopic (exact) mass is 631 g/mol. The molecular weight excluding hydrogens is 589 g/mol. The fourth-order valence-electron chi connectivity index (χ4n) is 6.58. The molecule has 1 saturated heterocycles. The third-order valence-corrected chi connectivity index (χ3v) is 10.9. The Kier molecular flexibility index (Phi) is 8.60. The van der Waals surface area contributed by atoms with Gasteiger partial charge in [-0.1, -0.05) is 45.0 Å². The number of likely N-dealkylation sites (tertiary alicyclic amines) is 1. The van der Waals surface area contributed by atoms with Crippen LogP contribution in [0, 0.1) is 11.3 Å². The van der Waals surface area contributed by atoms with Crippen LogP contribution in [0.4, 0.5) is 15.3 Å². The lowest BCUT2D eigenvalue weighted by molar-refractivity contribution is -0.142. The van der Waals surface area contributed by atoms with Crippen molar-refractivity contribution < 1.29 is 38.3 Å². The molecule has 240 valence electrons. The minimum absolute atomic E-state index is 0.0150. The number of carbonyl (C=O) groups excluding carboxylic acids is 4. The summed E-state index contributed by atoms with van der Waals surface area (Å²) in [6.45, 7) is 9.21. The Labute approximate surface area is 256 Å². The van der Waals surface area contributed by atoms with E-state index in [1.165, 1.54) is 11.0 Å². The third kappa shape index (κ3) is 6.23. The molecule has 0 spiro atoms. The van der Waals surface area contributed by atoms with Crippen LogP contribution in [0.25, 0.3) is 0 Å². The van der Waals surface area contributed by atoms with Crippen molar-refractivity contribution in [1.82, 2.24) is 20.4 Å². The summed E-state index contributed by atoms with van der Waals surface area (Å²) >= 11 is 0. The lowest BCUT2D eigenvalue weighted by Gasteiger charge is -2.36. The fourth-order valence-corrected chi connectivity index (χ4v) is 7.80. The van der Waals surface area contributed by atoms with Crippen LogP contribution in [0.3, 0.4) is 0 Å². The van der Waals surface area contributed by atoms with Crippen molar-refractivity contribution in [2.75, 3.05) is 11.9 Å². The normalized spacial score (nSPS) is 27.7. The van der Waals surface area contributed by atoms with E-state index in [-0.39, 0.29) is 38.1 Å². The van der Waals surface area contributed by atoms with Crippen LogP contribution in [-0.4, -0.2) is 79.6 Å². The van der Waals surface area contributed by atoms with Crippen molar-refractivity contribution in [3.63, 3.8) is 0 Å². The molecular formula is C30H42N5O8P. The molecule has 2 aliphatic heterocycles. The van der Waals surface area contributed by atoms with Crippen molar-refractivity contribution in [2.24, 2.45) is 11.3 Å². The Bertz CT molecular complexity index is 1390. The van der Waals surface area contributed by atoms with E-state index in [0.29, 0.717) is 5.69 Å². The molecule has 1 aromatic rings. The maximum atomic E-state index is 14.3. The average Bonchev–Trinajstić information content (AvgIpc) is 3.24. The molecule has 4 aliphatic rings. The van der Waals surface area contributed by atoms with Gasteiger partial charge in [0.1, 0.15) is 23.5 Å². The molecule has 2 unspecified atom stereocenters. The quantitative estimate of drug-likeness (QED) is 0.214. The first-order valence-electron chi connectivity index (χ1n) is 15.1. The van der Waals surface area contributed by atoms with E-state index >= 15 is 0 Å². The van der Waals surface area contributed by atoms with E-state index in [9.17, 15) is 33.5 Å². The predicted octanol–water partition coefficient (Wildman–Crippen LogP) is 3.28. The largest absolute Gasteiger partial charge is 0.446 e. The molecule has 2 aliphatic carbocycles. The molecule has 2 heterocycles. The van der Waals surface area contributed by atoms with Gasteiger partial charge < -0.3 is 40.3 Å². The van der Waals surface area contributed by atoms with Gasteiger partial charge in [0.05, 0.1) is 6.04 Å². The molecule has 13 nitrogen and oxygen atoms in total. The van der Waals surface area contributed by atoms with E-state index in [4.69, 9.17) is 4.74 Å². The first-order valence-corrected chi connectivity index (χ1v) is 16.7. The van der Waals surface area contributed by atoms with Crippen LogP contribution in [0.15, 0.2) is 36.9 Å². The number of hydrogen-bond acceptors (Lipinski definition) is 6. The molecule has 1 aromatic carbocycles. The van der Waals surface area contributed by atoms with Crippen molar-refractivity contribution >= 4 is 37.2 Å².